The fourth-order valence-corrected chi connectivity index (χ4v) is 1.99. The van der Waals surface area contributed by atoms with Crippen LogP contribution in [0.2, 0.25) is 0 Å². The summed E-state index contributed by atoms with van der Waals surface area (Å²) in [4.78, 5) is 6.22. The average molecular weight is 260 g/mol. The number of hydrazine groups is 1. The number of halogens is 1. The average Bonchev–Trinajstić information content (AvgIpc) is 2.39. The highest BCUT2D eigenvalue weighted by atomic mass is 19.1. The summed E-state index contributed by atoms with van der Waals surface area (Å²) in [6, 6.07) is 10.4. The molecule has 0 spiro atoms. The van der Waals surface area contributed by atoms with Gasteiger partial charge in [0.1, 0.15) is 11.6 Å². The zero-order valence-corrected chi connectivity index (χ0v) is 10.8. The lowest BCUT2D eigenvalue weighted by molar-refractivity contribution is 0.318. The first kappa shape index (κ1) is 13.5. The lowest BCUT2D eigenvalue weighted by Gasteiger charge is -2.18. The van der Waals surface area contributed by atoms with E-state index in [9.17, 15) is 4.39 Å². The van der Waals surface area contributed by atoms with Crippen LogP contribution < -0.4 is 11.3 Å². The normalized spacial score (nSPS) is 10.7. The molecule has 0 saturated carbocycles. The van der Waals surface area contributed by atoms with E-state index >= 15 is 0 Å². The summed E-state index contributed by atoms with van der Waals surface area (Å²) in [6.07, 6.45) is 1.69. The Labute approximate surface area is 112 Å². The Hall–Kier alpha value is -1.98. The van der Waals surface area contributed by atoms with Crippen LogP contribution in [0, 0.1) is 5.82 Å². The topological polar surface area (TPSA) is 54.2 Å². The van der Waals surface area contributed by atoms with Crippen LogP contribution in [-0.4, -0.2) is 16.9 Å². The van der Waals surface area contributed by atoms with Crippen LogP contribution in [0.3, 0.4) is 0 Å². The van der Waals surface area contributed by atoms with Gasteiger partial charge >= 0.3 is 0 Å². The van der Waals surface area contributed by atoms with Crippen molar-refractivity contribution in [3.05, 3.63) is 59.5 Å². The number of pyridine rings is 1. The number of nitrogen functional groups attached to an aromatic ring is 1. The number of hydrogen-bond acceptors (Lipinski definition) is 4. The molecule has 0 aliphatic carbocycles. The van der Waals surface area contributed by atoms with E-state index in [2.05, 4.69) is 15.3 Å². The molecule has 0 saturated heterocycles. The van der Waals surface area contributed by atoms with Crippen molar-refractivity contribution in [3.8, 4) is 0 Å². The smallest absolute Gasteiger partial charge is 0.144 e. The van der Waals surface area contributed by atoms with Crippen molar-refractivity contribution in [1.82, 2.24) is 9.88 Å². The summed E-state index contributed by atoms with van der Waals surface area (Å²) >= 11 is 0. The van der Waals surface area contributed by atoms with Crippen LogP contribution >= 0.6 is 0 Å². The molecule has 1 aromatic carbocycles. The predicted octanol–water partition coefficient (Wildman–Crippen LogP) is 2.14. The van der Waals surface area contributed by atoms with Crippen molar-refractivity contribution < 1.29 is 4.39 Å². The Balaban J connectivity index is 2.03. The molecule has 1 aromatic heterocycles. The molecule has 0 bridgehead atoms. The molecule has 0 unspecified atom stereocenters. The number of anilines is 1. The van der Waals surface area contributed by atoms with Crippen molar-refractivity contribution >= 4 is 5.82 Å². The molecule has 0 aliphatic rings. The maximum Gasteiger partial charge on any atom is 0.144 e. The first-order chi connectivity index (χ1) is 9.19. The Morgan fingerprint density at radius 1 is 1.26 bits per heavy atom. The summed E-state index contributed by atoms with van der Waals surface area (Å²) in [7, 11) is 1.97. The molecule has 5 heteroatoms. The summed E-state index contributed by atoms with van der Waals surface area (Å²) in [5.41, 5.74) is 4.52. The SMILES string of the molecule is CN(Cc1cccc(F)c1)Cc1cccnc1NN. The van der Waals surface area contributed by atoms with Gasteiger partial charge in [0.2, 0.25) is 0 Å². The standard InChI is InChI=1S/C14H17FN4/c1-19(9-11-4-2-6-13(15)8-11)10-12-5-3-7-17-14(12)18-16/h2-8H,9-10,16H2,1H3,(H,17,18). The number of benzene rings is 1. The van der Waals surface area contributed by atoms with E-state index in [-0.39, 0.29) is 5.82 Å². The van der Waals surface area contributed by atoms with Crippen molar-refractivity contribution in [2.24, 2.45) is 5.84 Å². The second-order valence-corrected chi connectivity index (χ2v) is 4.46. The lowest BCUT2D eigenvalue weighted by atomic mass is 10.2. The number of nitrogens with zero attached hydrogens (tertiary/aromatic N) is 2. The van der Waals surface area contributed by atoms with Crippen molar-refractivity contribution in [2.45, 2.75) is 13.1 Å². The van der Waals surface area contributed by atoms with Gasteiger partial charge < -0.3 is 5.43 Å². The van der Waals surface area contributed by atoms with Gasteiger partial charge in [0.25, 0.3) is 0 Å². The van der Waals surface area contributed by atoms with E-state index in [4.69, 9.17) is 5.84 Å². The third-order valence-corrected chi connectivity index (χ3v) is 2.81. The molecule has 100 valence electrons. The van der Waals surface area contributed by atoms with Crippen LogP contribution in [0.25, 0.3) is 0 Å². The molecule has 0 fully saturated rings. The van der Waals surface area contributed by atoms with E-state index in [1.807, 2.05) is 25.2 Å². The Morgan fingerprint density at radius 2 is 2.11 bits per heavy atom. The van der Waals surface area contributed by atoms with Gasteiger partial charge in [0, 0.05) is 24.8 Å². The summed E-state index contributed by atoms with van der Waals surface area (Å²) < 4.78 is 13.1. The minimum Gasteiger partial charge on any atom is -0.308 e. The highest BCUT2D eigenvalue weighted by Gasteiger charge is 2.06. The molecule has 2 rings (SSSR count). The number of nitrogens with one attached hydrogen (secondary N) is 1. The molecule has 0 aliphatic heterocycles. The second kappa shape index (κ2) is 6.26. The van der Waals surface area contributed by atoms with Gasteiger partial charge in [-0.1, -0.05) is 18.2 Å². The zero-order chi connectivity index (χ0) is 13.7. The van der Waals surface area contributed by atoms with Crippen molar-refractivity contribution in [2.75, 3.05) is 12.5 Å². The molecule has 19 heavy (non-hydrogen) atoms. The minimum atomic E-state index is -0.211. The first-order valence-corrected chi connectivity index (χ1v) is 6.02. The van der Waals surface area contributed by atoms with Gasteiger partial charge in [-0.15, -0.1) is 0 Å². The Kier molecular flexibility index (Phi) is 4.43. The van der Waals surface area contributed by atoms with Gasteiger partial charge in [-0.05, 0) is 30.8 Å². The third kappa shape index (κ3) is 3.74. The monoisotopic (exact) mass is 260 g/mol. The maximum absolute atomic E-state index is 13.1. The second-order valence-electron chi connectivity index (χ2n) is 4.46. The van der Waals surface area contributed by atoms with Crippen molar-refractivity contribution in [1.29, 1.82) is 0 Å². The number of aromatic nitrogens is 1. The number of hydrogen-bond donors (Lipinski definition) is 2. The molecule has 0 radical (unpaired) electrons. The first-order valence-electron chi connectivity index (χ1n) is 6.02. The predicted molar refractivity (Wildman–Crippen MR) is 73.6 cm³/mol. The quantitative estimate of drug-likeness (QED) is 0.639. The van der Waals surface area contributed by atoms with Gasteiger partial charge in [0.05, 0.1) is 0 Å². The Morgan fingerprint density at radius 3 is 2.84 bits per heavy atom. The van der Waals surface area contributed by atoms with Crippen LogP contribution in [-0.2, 0) is 13.1 Å². The van der Waals surface area contributed by atoms with E-state index in [1.165, 1.54) is 6.07 Å². The molecule has 3 N–H and O–H groups in total. The van der Waals surface area contributed by atoms with Gasteiger partial charge in [-0.25, -0.2) is 15.2 Å². The molecular weight excluding hydrogens is 243 g/mol. The van der Waals surface area contributed by atoms with E-state index in [0.717, 1.165) is 11.1 Å². The Bertz CT molecular complexity index is 544. The third-order valence-electron chi connectivity index (χ3n) is 2.81. The van der Waals surface area contributed by atoms with Crippen molar-refractivity contribution in [3.63, 3.8) is 0 Å². The molecule has 2 aromatic rings. The fourth-order valence-electron chi connectivity index (χ4n) is 1.99. The number of rotatable bonds is 5. The van der Waals surface area contributed by atoms with E-state index in [1.54, 1.807) is 18.3 Å². The van der Waals surface area contributed by atoms with Gasteiger partial charge in [-0.3, -0.25) is 4.90 Å². The highest BCUT2D eigenvalue weighted by Crippen LogP contribution is 2.14. The van der Waals surface area contributed by atoms with Crippen LogP contribution in [0.15, 0.2) is 42.6 Å². The maximum atomic E-state index is 13.1. The molecule has 0 amide bonds. The lowest BCUT2D eigenvalue weighted by Crippen LogP contribution is -2.20. The summed E-state index contributed by atoms with van der Waals surface area (Å²) in [6.45, 7) is 1.35. The van der Waals surface area contributed by atoms with Gasteiger partial charge in [-0.2, -0.15) is 0 Å². The molecular formula is C14H17FN4. The fraction of sp³-hybridized carbons (Fsp3) is 0.214. The van der Waals surface area contributed by atoms with Crippen LogP contribution in [0.1, 0.15) is 11.1 Å². The van der Waals surface area contributed by atoms with E-state index in [0.29, 0.717) is 18.9 Å². The highest BCUT2D eigenvalue weighted by molar-refractivity contribution is 5.42. The van der Waals surface area contributed by atoms with Crippen LogP contribution in [0.4, 0.5) is 10.2 Å². The zero-order valence-electron chi connectivity index (χ0n) is 10.8. The summed E-state index contributed by atoms with van der Waals surface area (Å²) in [5.74, 6) is 5.87. The van der Waals surface area contributed by atoms with Crippen LogP contribution in [0.5, 0.6) is 0 Å². The number of nitrogens with two attached hydrogens (primary N) is 1. The van der Waals surface area contributed by atoms with Gasteiger partial charge in [0.15, 0.2) is 0 Å². The largest absolute Gasteiger partial charge is 0.308 e. The molecule has 4 nitrogen and oxygen atoms in total. The minimum absolute atomic E-state index is 0.211. The van der Waals surface area contributed by atoms with E-state index < -0.39 is 0 Å². The molecule has 1 heterocycles. The summed E-state index contributed by atoms with van der Waals surface area (Å²) in [5, 5.41) is 0. The molecule has 0 atom stereocenters.